The van der Waals surface area contributed by atoms with Crippen LogP contribution in [-0.4, -0.2) is 0 Å². The fourth-order valence-corrected chi connectivity index (χ4v) is 1.57. The first kappa shape index (κ1) is 25.6. The van der Waals surface area contributed by atoms with Gasteiger partial charge in [0.2, 0.25) is 0 Å². The van der Waals surface area contributed by atoms with Gasteiger partial charge in [-0.2, -0.15) is 12.8 Å². The Morgan fingerprint density at radius 2 is 0.864 bits per heavy atom. The molecule has 0 aromatic carbocycles. The number of rotatable bonds is 0. The zero-order valence-corrected chi connectivity index (χ0v) is 18.8. The molecule has 0 saturated carbocycles. The van der Waals surface area contributed by atoms with Gasteiger partial charge < -0.3 is 12.2 Å². The number of hydrogen-bond donors (Lipinski definition) is 0. The second-order valence-electron chi connectivity index (χ2n) is 4.09. The summed E-state index contributed by atoms with van der Waals surface area (Å²) >= 11 is -0.691. The SMILES string of the molecule is [C-]1=CCCC=CCC1.[C-]1=CCCC=CCC1.[Cl][Ru][Cl].[Cl][Ru][Cl]. The van der Waals surface area contributed by atoms with Gasteiger partial charge in [-0.25, -0.2) is 0 Å². The van der Waals surface area contributed by atoms with Crippen molar-refractivity contribution >= 4 is 38.8 Å². The standard InChI is InChI=1S/2C8H11.4ClH.2Ru/c2*1-2-4-6-8-7-5-3-1;;;;;;/h2*1-2,7H,3-6H2;4*1H;;/q2*-1;;;;;2*+2/p-4. The minimum atomic E-state index is -0.346. The zero-order chi connectivity index (χ0) is 16.7. The van der Waals surface area contributed by atoms with E-state index in [4.69, 9.17) is 38.8 Å². The topological polar surface area (TPSA) is 0 Å². The van der Waals surface area contributed by atoms with E-state index in [-0.39, 0.29) is 30.3 Å². The number of allylic oxidation sites excluding steroid dienone is 8. The van der Waals surface area contributed by atoms with Gasteiger partial charge in [0.15, 0.2) is 0 Å². The molecule has 0 nitrogen and oxygen atoms in total. The van der Waals surface area contributed by atoms with Crippen molar-refractivity contribution in [1.29, 1.82) is 0 Å². The molecule has 0 bridgehead atoms. The van der Waals surface area contributed by atoms with Gasteiger partial charge in [0.1, 0.15) is 0 Å². The fourth-order valence-electron chi connectivity index (χ4n) is 1.57. The summed E-state index contributed by atoms with van der Waals surface area (Å²) in [6.07, 6.45) is 29.0. The van der Waals surface area contributed by atoms with Crippen molar-refractivity contribution in [2.24, 2.45) is 0 Å². The Morgan fingerprint density at radius 3 is 1.23 bits per heavy atom. The van der Waals surface area contributed by atoms with Crippen molar-refractivity contribution in [3.63, 3.8) is 0 Å². The van der Waals surface area contributed by atoms with Crippen molar-refractivity contribution in [1.82, 2.24) is 0 Å². The van der Waals surface area contributed by atoms with Gasteiger partial charge in [0.25, 0.3) is 0 Å². The molecule has 0 N–H and O–H groups in total. The van der Waals surface area contributed by atoms with E-state index in [1.54, 1.807) is 0 Å². The third kappa shape index (κ3) is 29.4. The van der Waals surface area contributed by atoms with Crippen molar-refractivity contribution in [3.05, 3.63) is 48.6 Å². The predicted molar refractivity (Wildman–Crippen MR) is 94.3 cm³/mol. The molecule has 0 radical (unpaired) electrons. The summed E-state index contributed by atoms with van der Waals surface area (Å²) in [5.74, 6) is 0. The van der Waals surface area contributed by atoms with E-state index in [0.29, 0.717) is 0 Å². The Balaban J connectivity index is 0. The van der Waals surface area contributed by atoms with E-state index >= 15 is 0 Å². The molecule has 0 unspecified atom stereocenters. The number of hydrogen-bond acceptors (Lipinski definition) is 0. The summed E-state index contributed by atoms with van der Waals surface area (Å²) in [5.41, 5.74) is 0. The molecule has 0 aromatic heterocycles. The maximum atomic E-state index is 4.85. The Kier molecular flexibility index (Phi) is 31.7. The Hall–Kier alpha value is 1.37. The van der Waals surface area contributed by atoms with Gasteiger partial charge in [-0.05, 0) is 12.8 Å². The van der Waals surface area contributed by atoms with Gasteiger partial charge in [-0.1, -0.05) is 50.0 Å². The molecule has 0 saturated heterocycles. The monoisotopic (exact) mass is 558 g/mol. The van der Waals surface area contributed by atoms with Crippen LogP contribution < -0.4 is 0 Å². The summed E-state index contributed by atoms with van der Waals surface area (Å²) in [6, 6.07) is 0. The molecular weight excluding hydrogens is 536 g/mol. The summed E-state index contributed by atoms with van der Waals surface area (Å²) in [4.78, 5) is 0. The Bertz CT molecular complexity index is 221. The van der Waals surface area contributed by atoms with Crippen LogP contribution in [0.5, 0.6) is 0 Å². The molecule has 0 amide bonds. The molecule has 0 aliphatic heterocycles. The molecule has 0 aromatic rings. The molecule has 0 fully saturated rings. The summed E-state index contributed by atoms with van der Waals surface area (Å²) in [7, 11) is 19.4. The van der Waals surface area contributed by atoms with E-state index in [1.807, 2.05) is 0 Å². The van der Waals surface area contributed by atoms with E-state index < -0.39 is 0 Å². The second-order valence-corrected chi connectivity index (χ2v) is 9.37. The molecule has 2 rings (SSSR count). The predicted octanol–water partition coefficient (Wildman–Crippen LogP) is 7.70. The average molecular weight is 558 g/mol. The molecule has 6 heteroatoms. The van der Waals surface area contributed by atoms with Gasteiger partial charge in [0, 0.05) is 0 Å². The van der Waals surface area contributed by atoms with E-state index in [9.17, 15) is 0 Å². The normalized spacial score (nSPS) is 16.5. The molecular formula is C16H22Cl4Ru2-2. The van der Waals surface area contributed by atoms with Crippen LogP contribution >= 0.6 is 38.8 Å². The van der Waals surface area contributed by atoms with Crippen LogP contribution in [0.4, 0.5) is 0 Å². The van der Waals surface area contributed by atoms with E-state index in [0.717, 1.165) is 12.8 Å². The van der Waals surface area contributed by atoms with Crippen LogP contribution in [0.2, 0.25) is 0 Å². The zero-order valence-electron chi connectivity index (χ0n) is 12.3. The molecule has 22 heavy (non-hydrogen) atoms. The third-order valence-electron chi connectivity index (χ3n) is 2.49. The number of halogens is 4. The molecule has 0 spiro atoms. The van der Waals surface area contributed by atoms with Crippen molar-refractivity contribution in [3.8, 4) is 0 Å². The van der Waals surface area contributed by atoms with Crippen LogP contribution in [0.3, 0.4) is 0 Å². The van der Waals surface area contributed by atoms with Crippen molar-refractivity contribution in [2.45, 2.75) is 51.4 Å². The third-order valence-corrected chi connectivity index (χ3v) is 2.49. The summed E-state index contributed by atoms with van der Waals surface area (Å²) in [6.45, 7) is 0. The van der Waals surface area contributed by atoms with Crippen LogP contribution in [0.1, 0.15) is 51.4 Å². The summed E-state index contributed by atoms with van der Waals surface area (Å²) in [5, 5.41) is 0. The average Bonchev–Trinajstić information content (AvgIpc) is 2.39. The Labute approximate surface area is 167 Å². The van der Waals surface area contributed by atoms with Gasteiger partial charge in [0.05, 0.1) is 0 Å². The second kappa shape index (κ2) is 27.2. The molecule has 132 valence electrons. The van der Waals surface area contributed by atoms with Gasteiger partial charge in [-0.15, -0.1) is 0 Å². The van der Waals surface area contributed by atoms with Crippen molar-refractivity contribution < 1.29 is 30.3 Å². The van der Waals surface area contributed by atoms with Gasteiger partial charge in [-0.3, -0.25) is 12.2 Å². The maximum absolute atomic E-state index is 4.85. The van der Waals surface area contributed by atoms with Crippen LogP contribution in [0.25, 0.3) is 0 Å². The van der Waals surface area contributed by atoms with Crippen LogP contribution in [0, 0.1) is 12.2 Å². The van der Waals surface area contributed by atoms with E-state index in [2.05, 4.69) is 48.6 Å². The molecule has 2 aliphatic rings. The molecule has 2 aliphatic carbocycles. The Morgan fingerprint density at radius 1 is 0.545 bits per heavy atom. The van der Waals surface area contributed by atoms with Crippen molar-refractivity contribution in [2.75, 3.05) is 0 Å². The summed E-state index contributed by atoms with van der Waals surface area (Å²) < 4.78 is 0. The van der Waals surface area contributed by atoms with Crippen LogP contribution in [-0.2, 0) is 30.3 Å². The minimum absolute atomic E-state index is 0.346. The molecule has 0 atom stereocenters. The van der Waals surface area contributed by atoms with Gasteiger partial charge >= 0.3 is 69.1 Å². The van der Waals surface area contributed by atoms with Crippen LogP contribution in [0.15, 0.2) is 36.5 Å². The quantitative estimate of drug-likeness (QED) is 0.162. The first-order valence-electron chi connectivity index (χ1n) is 6.94. The first-order chi connectivity index (χ1) is 10.8. The van der Waals surface area contributed by atoms with E-state index in [1.165, 1.54) is 38.5 Å². The fraction of sp³-hybridized carbons (Fsp3) is 0.500. The first-order valence-corrected chi connectivity index (χ1v) is 15.9. The molecule has 0 heterocycles.